The number of benzene rings is 2. The summed E-state index contributed by atoms with van der Waals surface area (Å²) in [5.41, 5.74) is 3.20. The highest BCUT2D eigenvalue weighted by atomic mass is 127. The Morgan fingerprint density at radius 3 is 2.73 bits per heavy atom. The minimum Gasteiger partial charge on any atom is -0.454 e. The molecule has 0 saturated heterocycles. The van der Waals surface area contributed by atoms with Crippen LogP contribution in [0.15, 0.2) is 48.7 Å². The maximum Gasteiger partial charge on any atom is 0.231 e. The summed E-state index contributed by atoms with van der Waals surface area (Å²) < 4.78 is 11.9. The lowest BCUT2D eigenvalue weighted by molar-refractivity contribution is 0.174. The van der Waals surface area contributed by atoms with Gasteiger partial charge in [0.05, 0.1) is 5.52 Å². The minimum atomic E-state index is 0.299. The predicted molar refractivity (Wildman–Crippen MR) is 96.0 cm³/mol. The van der Waals surface area contributed by atoms with Crippen LogP contribution in [0.25, 0.3) is 23.1 Å². The zero-order valence-electron chi connectivity index (χ0n) is 11.6. The van der Waals surface area contributed by atoms with E-state index in [2.05, 4.69) is 51.9 Å². The second kappa shape index (κ2) is 5.61. The molecule has 0 spiro atoms. The van der Waals surface area contributed by atoms with Crippen LogP contribution in [0, 0.1) is 3.57 Å². The van der Waals surface area contributed by atoms with Gasteiger partial charge in [-0.05, 0) is 58.0 Å². The number of fused-ring (bicyclic) bond motifs is 2. The Morgan fingerprint density at radius 1 is 1.00 bits per heavy atom. The highest BCUT2D eigenvalue weighted by molar-refractivity contribution is 14.1. The van der Waals surface area contributed by atoms with Crippen molar-refractivity contribution < 1.29 is 9.47 Å². The number of para-hydroxylation sites is 1. The molecule has 1 aliphatic rings. The van der Waals surface area contributed by atoms with E-state index >= 15 is 0 Å². The van der Waals surface area contributed by atoms with Crippen LogP contribution < -0.4 is 9.47 Å². The normalized spacial score (nSPS) is 13.1. The molecule has 4 rings (SSSR count). The Morgan fingerprint density at radius 2 is 1.82 bits per heavy atom. The van der Waals surface area contributed by atoms with Crippen molar-refractivity contribution in [3.8, 4) is 11.5 Å². The number of hydrogen-bond acceptors (Lipinski definition) is 3. The first-order valence-electron chi connectivity index (χ1n) is 6.92. The zero-order chi connectivity index (χ0) is 14.9. The van der Waals surface area contributed by atoms with Gasteiger partial charge in [0.1, 0.15) is 0 Å². The van der Waals surface area contributed by atoms with Crippen LogP contribution in [0.1, 0.15) is 11.1 Å². The van der Waals surface area contributed by atoms with Crippen molar-refractivity contribution in [2.24, 2.45) is 0 Å². The fraction of sp³-hybridized carbons (Fsp3) is 0.0556. The van der Waals surface area contributed by atoms with E-state index in [0.717, 1.165) is 37.1 Å². The molecule has 0 amide bonds. The molecule has 108 valence electrons. The third-order valence-electron chi connectivity index (χ3n) is 3.56. The van der Waals surface area contributed by atoms with Gasteiger partial charge in [-0.15, -0.1) is 0 Å². The molecule has 0 radical (unpaired) electrons. The molecule has 3 nitrogen and oxygen atoms in total. The molecule has 4 heteroatoms. The van der Waals surface area contributed by atoms with Crippen molar-refractivity contribution in [3.05, 3.63) is 63.4 Å². The van der Waals surface area contributed by atoms with Gasteiger partial charge in [0.25, 0.3) is 0 Å². The molecule has 0 saturated carbocycles. The molecule has 0 unspecified atom stereocenters. The van der Waals surface area contributed by atoms with Crippen molar-refractivity contribution in [2.45, 2.75) is 0 Å². The van der Waals surface area contributed by atoms with Crippen molar-refractivity contribution >= 4 is 45.6 Å². The topological polar surface area (TPSA) is 31.4 Å². The highest BCUT2D eigenvalue weighted by Crippen LogP contribution is 2.36. The molecule has 22 heavy (non-hydrogen) atoms. The first-order chi connectivity index (χ1) is 10.8. The fourth-order valence-electron chi connectivity index (χ4n) is 2.43. The number of rotatable bonds is 2. The molecule has 0 bridgehead atoms. The molecule has 3 aromatic rings. The van der Waals surface area contributed by atoms with E-state index in [1.807, 2.05) is 36.5 Å². The van der Waals surface area contributed by atoms with Gasteiger partial charge in [-0.25, -0.2) is 0 Å². The Bertz CT molecular complexity index is 889. The summed E-state index contributed by atoms with van der Waals surface area (Å²) in [4.78, 5) is 4.48. The molecule has 0 atom stereocenters. The van der Waals surface area contributed by atoms with E-state index in [1.165, 1.54) is 0 Å². The molecule has 1 aromatic heterocycles. The van der Waals surface area contributed by atoms with Crippen LogP contribution in [0.4, 0.5) is 0 Å². The summed E-state index contributed by atoms with van der Waals surface area (Å²) >= 11 is 2.31. The van der Waals surface area contributed by atoms with Crippen molar-refractivity contribution in [1.82, 2.24) is 4.98 Å². The van der Waals surface area contributed by atoms with Crippen LogP contribution in [-0.2, 0) is 0 Å². The number of pyridine rings is 1. The summed E-state index contributed by atoms with van der Waals surface area (Å²) in [5.74, 6) is 1.62. The van der Waals surface area contributed by atoms with E-state index in [9.17, 15) is 0 Å². The number of nitrogens with zero attached hydrogens (tertiary/aromatic N) is 1. The van der Waals surface area contributed by atoms with Crippen LogP contribution in [0.2, 0.25) is 0 Å². The molecule has 2 heterocycles. The predicted octanol–water partition coefficient (Wildman–Crippen LogP) is 4.74. The van der Waals surface area contributed by atoms with E-state index in [0.29, 0.717) is 6.79 Å². The third kappa shape index (κ3) is 2.54. The Hall–Kier alpha value is -2.08. The molecule has 0 N–H and O–H groups in total. The standard InChI is InChI=1S/C18H12INO2/c19-15-9-18-17(21-11-22-18)8-13(15)6-5-12-7-14-3-1-2-4-16(14)20-10-12/h1-10H,11H2/b6-5-. The summed E-state index contributed by atoms with van der Waals surface area (Å²) in [6, 6.07) is 14.3. The van der Waals surface area contributed by atoms with Crippen molar-refractivity contribution in [2.75, 3.05) is 6.79 Å². The van der Waals surface area contributed by atoms with E-state index in [-0.39, 0.29) is 0 Å². The lowest BCUT2D eigenvalue weighted by atomic mass is 10.1. The van der Waals surface area contributed by atoms with Gasteiger partial charge in [-0.3, -0.25) is 4.98 Å². The molecular formula is C18H12INO2. The molecule has 2 aromatic carbocycles. The van der Waals surface area contributed by atoms with E-state index < -0.39 is 0 Å². The van der Waals surface area contributed by atoms with E-state index in [4.69, 9.17) is 9.47 Å². The second-order valence-electron chi connectivity index (χ2n) is 5.02. The first-order valence-corrected chi connectivity index (χ1v) is 7.99. The Labute approximate surface area is 141 Å². The lowest BCUT2D eigenvalue weighted by Gasteiger charge is -2.02. The maximum absolute atomic E-state index is 5.43. The molecule has 0 aliphatic carbocycles. The van der Waals surface area contributed by atoms with Crippen LogP contribution in [0.5, 0.6) is 11.5 Å². The SMILES string of the molecule is Ic1cc2c(cc1/C=C\c1cnc3ccccc3c1)OCO2. The number of halogens is 1. The Kier molecular flexibility index (Phi) is 3.46. The van der Waals surface area contributed by atoms with Gasteiger partial charge in [0.15, 0.2) is 11.5 Å². The van der Waals surface area contributed by atoms with Gasteiger partial charge in [0.2, 0.25) is 6.79 Å². The maximum atomic E-state index is 5.43. The van der Waals surface area contributed by atoms with Gasteiger partial charge < -0.3 is 9.47 Å². The quantitative estimate of drug-likeness (QED) is 0.582. The Balaban J connectivity index is 1.68. The van der Waals surface area contributed by atoms with Crippen LogP contribution in [-0.4, -0.2) is 11.8 Å². The van der Waals surface area contributed by atoms with Crippen LogP contribution >= 0.6 is 22.6 Å². The second-order valence-corrected chi connectivity index (χ2v) is 6.18. The summed E-state index contributed by atoms with van der Waals surface area (Å²) in [5, 5.41) is 1.14. The van der Waals surface area contributed by atoms with Gasteiger partial charge >= 0.3 is 0 Å². The third-order valence-corrected chi connectivity index (χ3v) is 4.49. The van der Waals surface area contributed by atoms with Crippen LogP contribution in [0.3, 0.4) is 0 Å². The van der Waals surface area contributed by atoms with Gasteiger partial charge in [0, 0.05) is 15.2 Å². The average molecular weight is 401 g/mol. The van der Waals surface area contributed by atoms with Crippen molar-refractivity contribution in [1.29, 1.82) is 0 Å². The average Bonchev–Trinajstić information content (AvgIpc) is 2.99. The summed E-state index contributed by atoms with van der Waals surface area (Å²) in [7, 11) is 0. The summed E-state index contributed by atoms with van der Waals surface area (Å²) in [6.45, 7) is 0.299. The number of aromatic nitrogens is 1. The number of ether oxygens (including phenoxy) is 2. The lowest BCUT2D eigenvalue weighted by Crippen LogP contribution is -1.92. The zero-order valence-corrected chi connectivity index (χ0v) is 13.8. The first kappa shape index (κ1) is 13.6. The molecule has 0 fully saturated rings. The molecular weight excluding hydrogens is 389 g/mol. The monoisotopic (exact) mass is 401 g/mol. The highest BCUT2D eigenvalue weighted by Gasteiger charge is 2.15. The minimum absolute atomic E-state index is 0.299. The van der Waals surface area contributed by atoms with Gasteiger partial charge in [-0.2, -0.15) is 0 Å². The van der Waals surface area contributed by atoms with E-state index in [1.54, 1.807) is 0 Å². The largest absolute Gasteiger partial charge is 0.454 e. The molecule has 1 aliphatic heterocycles. The number of hydrogen-bond donors (Lipinski definition) is 0. The smallest absolute Gasteiger partial charge is 0.231 e. The van der Waals surface area contributed by atoms with Crippen molar-refractivity contribution in [3.63, 3.8) is 0 Å². The van der Waals surface area contributed by atoms with Gasteiger partial charge in [-0.1, -0.05) is 30.4 Å². The summed E-state index contributed by atoms with van der Waals surface area (Å²) in [6.07, 6.45) is 6.04. The fourth-order valence-corrected chi connectivity index (χ4v) is 3.04.